The summed E-state index contributed by atoms with van der Waals surface area (Å²) in [5, 5.41) is 4.05. The SMILES string of the molecule is CCCNC(=O)/C=C(\C)c1cc2c3c(oc2cc1OCC)CCCC3. The summed E-state index contributed by atoms with van der Waals surface area (Å²) in [6.45, 7) is 7.24. The summed E-state index contributed by atoms with van der Waals surface area (Å²) in [6, 6.07) is 4.11. The summed E-state index contributed by atoms with van der Waals surface area (Å²) in [5.74, 6) is 1.83. The maximum Gasteiger partial charge on any atom is 0.244 e. The molecular weight excluding hydrogens is 314 g/mol. The van der Waals surface area contributed by atoms with Gasteiger partial charge in [-0.25, -0.2) is 0 Å². The van der Waals surface area contributed by atoms with Gasteiger partial charge >= 0.3 is 0 Å². The van der Waals surface area contributed by atoms with E-state index in [1.54, 1.807) is 6.08 Å². The predicted octanol–water partition coefficient (Wildman–Crippen LogP) is 4.64. The second-order valence-corrected chi connectivity index (χ2v) is 6.61. The van der Waals surface area contributed by atoms with Crippen LogP contribution in [0.3, 0.4) is 0 Å². The molecule has 0 radical (unpaired) electrons. The monoisotopic (exact) mass is 341 g/mol. The quantitative estimate of drug-likeness (QED) is 0.779. The molecule has 4 heteroatoms. The van der Waals surface area contributed by atoms with Gasteiger partial charge in [-0.3, -0.25) is 4.79 Å². The Labute approximate surface area is 149 Å². The summed E-state index contributed by atoms with van der Waals surface area (Å²) in [7, 11) is 0. The molecule has 3 rings (SSSR count). The topological polar surface area (TPSA) is 51.5 Å². The highest BCUT2D eigenvalue weighted by atomic mass is 16.5. The van der Waals surface area contributed by atoms with Gasteiger partial charge < -0.3 is 14.5 Å². The molecular formula is C21H27NO3. The van der Waals surface area contributed by atoms with Crippen molar-refractivity contribution in [3.05, 3.63) is 35.1 Å². The molecule has 2 aromatic rings. The molecule has 0 aliphatic heterocycles. The zero-order chi connectivity index (χ0) is 17.8. The van der Waals surface area contributed by atoms with Crippen molar-refractivity contribution in [3.63, 3.8) is 0 Å². The highest BCUT2D eigenvalue weighted by Gasteiger charge is 2.20. The van der Waals surface area contributed by atoms with Crippen LogP contribution in [0.5, 0.6) is 5.75 Å². The van der Waals surface area contributed by atoms with E-state index in [1.165, 1.54) is 18.4 Å². The average molecular weight is 341 g/mol. The predicted molar refractivity (Wildman–Crippen MR) is 101 cm³/mol. The number of rotatable bonds is 6. The Hall–Kier alpha value is -2.23. The maximum absolute atomic E-state index is 12.1. The number of nitrogens with one attached hydrogen (secondary N) is 1. The Morgan fingerprint density at radius 2 is 2.08 bits per heavy atom. The van der Waals surface area contributed by atoms with Crippen LogP contribution in [0.15, 0.2) is 22.6 Å². The van der Waals surface area contributed by atoms with Gasteiger partial charge in [0.15, 0.2) is 0 Å². The number of aryl methyl sites for hydroxylation is 2. The fourth-order valence-electron chi connectivity index (χ4n) is 3.45. The van der Waals surface area contributed by atoms with Crippen molar-refractivity contribution in [2.75, 3.05) is 13.2 Å². The van der Waals surface area contributed by atoms with Crippen molar-refractivity contribution in [1.82, 2.24) is 5.32 Å². The van der Waals surface area contributed by atoms with Gasteiger partial charge in [-0.1, -0.05) is 6.92 Å². The van der Waals surface area contributed by atoms with Gasteiger partial charge in [-0.15, -0.1) is 0 Å². The summed E-state index contributed by atoms with van der Waals surface area (Å²) < 4.78 is 11.9. The molecule has 0 spiro atoms. The molecule has 0 saturated heterocycles. The first kappa shape index (κ1) is 17.6. The zero-order valence-corrected chi connectivity index (χ0v) is 15.4. The van der Waals surface area contributed by atoms with E-state index in [1.807, 2.05) is 26.8 Å². The Balaban J connectivity index is 2.03. The van der Waals surface area contributed by atoms with E-state index in [0.29, 0.717) is 13.2 Å². The lowest BCUT2D eigenvalue weighted by atomic mass is 9.94. The summed E-state index contributed by atoms with van der Waals surface area (Å²) in [4.78, 5) is 12.1. The van der Waals surface area contributed by atoms with Crippen molar-refractivity contribution < 1.29 is 13.9 Å². The third-order valence-electron chi connectivity index (χ3n) is 4.68. The van der Waals surface area contributed by atoms with Crippen LogP contribution in [0.25, 0.3) is 16.5 Å². The van der Waals surface area contributed by atoms with Crippen molar-refractivity contribution >= 4 is 22.4 Å². The largest absolute Gasteiger partial charge is 0.493 e. The van der Waals surface area contributed by atoms with Gasteiger partial charge in [0.1, 0.15) is 17.1 Å². The molecule has 4 nitrogen and oxygen atoms in total. The fraction of sp³-hybridized carbons (Fsp3) is 0.476. The molecule has 0 fully saturated rings. The summed E-state index contributed by atoms with van der Waals surface area (Å²) >= 11 is 0. The number of ether oxygens (including phenoxy) is 1. The van der Waals surface area contributed by atoms with Crippen LogP contribution < -0.4 is 10.1 Å². The van der Waals surface area contributed by atoms with E-state index in [9.17, 15) is 4.79 Å². The van der Waals surface area contributed by atoms with Crippen LogP contribution >= 0.6 is 0 Å². The first-order valence-electron chi connectivity index (χ1n) is 9.31. The van der Waals surface area contributed by atoms with Crippen LogP contribution in [0, 0.1) is 0 Å². The Kier molecular flexibility index (Phi) is 5.47. The molecule has 0 saturated carbocycles. The highest BCUT2D eigenvalue weighted by Crippen LogP contribution is 2.38. The maximum atomic E-state index is 12.1. The smallest absolute Gasteiger partial charge is 0.244 e. The van der Waals surface area contributed by atoms with Crippen molar-refractivity contribution in [3.8, 4) is 5.75 Å². The summed E-state index contributed by atoms with van der Waals surface area (Å²) in [5.41, 5.74) is 4.09. The van der Waals surface area contributed by atoms with Gasteiger partial charge in [-0.05, 0) is 51.2 Å². The normalized spacial score (nSPS) is 14.4. The molecule has 0 bridgehead atoms. The Morgan fingerprint density at radius 1 is 1.28 bits per heavy atom. The van der Waals surface area contributed by atoms with Crippen molar-refractivity contribution in [2.24, 2.45) is 0 Å². The highest BCUT2D eigenvalue weighted by molar-refractivity contribution is 5.97. The minimum absolute atomic E-state index is 0.0592. The molecule has 1 aromatic carbocycles. The number of furan rings is 1. The number of fused-ring (bicyclic) bond motifs is 3. The van der Waals surface area contributed by atoms with Crippen molar-refractivity contribution in [1.29, 1.82) is 0 Å². The molecule has 1 aromatic heterocycles. The van der Waals surface area contributed by atoms with E-state index >= 15 is 0 Å². The molecule has 1 N–H and O–H groups in total. The van der Waals surface area contributed by atoms with Crippen LogP contribution in [-0.2, 0) is 17.6 Å². The Bertz CT molecular complexity index is 801. The van der Waals surface area contributed by atoms with Gasteiger partial charge in [0.2, 0.25) is 5.91 Å². The number of carbonyl (C=O) groups is 1. The molecule has 25 heavy (non-hydrogen) atoms. The molecule has 0 atom stereocenters. The lowest BCUT2D eigenvalue weighted by molar-refractivity contribution is -0.116. The molecule has 1 aliphatic carbocycles. The van der Waals surface area contributed by atoms with E-state index in [4.69, 9.17) is 9.15 Å². The third-order valence-corrected chi connectivity index (χ3v) is 4.68. The second-order valence-electron chi connectivity index (χ2n) is 6.61. The second kappa shape index (κ2) is 7.77. The van der Waals surface area contributed by atoms with E-state index in [2.05, 4.69) is 11.4 Å². The molecule has 1 aliphatic rings. The first-order valence-corrected chi connectivity index (χ1v) is 9.31. The molecule has 1 amide bonds. The molecule has 1 heterocycles. The minimum atomic E-state index is -0.0592. The van der Waals surface area contributed by atoms with Gasteiger partial charge in [0.25, 0.3) is 0 Å². The number of benzene rings is 1. The van der Waals surface area contributed by atoms with Gasteiger partial charge in [-0.2, -0.15) is 0 Å². The van der Waals surface area contributed by atoms with Gasteiger partial charge in [0.05, 0.1) is 6.61 Å². The minimum Gasteiger partial charge on any atom is -0.493 e. The number of hydrogen-bond acceptors (Lipinski definition) is 3. The van der Waals surface area contributed by atoms with Crippen LogP contribution in [0.2, 0.25) is 0 Å². The van der Waals surface area contributed by atoms with Crippen LogP contribution in [-0.4, -0.2) is 19.1 Å². The van der Waals surface area contributed by atoms with Crippen LogP contribution in [0.1, 0.15) is 56.9 Å². The molecule has 0 unspecified atom stereocenters. The van der Waals surface area contributed by atoms with E-state index < -0.39 is 0 Å². The Morgan fingerprint density at radius 3 is 2.84 bits per heavy atom. The standard InChI is InChI=1S/C21H27NO3/c1-4-10-22-21(23)11-14(3)16-12-17-15-8-6-7-9-18(15)25-20(17)13-19(16)24-5-2/h11-13H,4-10H2,1-3H3,(H,22,23)/b14-11+. The third kappa shape index (κ3) is 3.73. The number of allylic oxidation sites excluding steroid dienone is 1. The number of amides is 1. The average Bonchev–Trinajstić information content (AvgIpc) is 2.97. The zero-order valence-electron chi connectivity index (χ0n) is 15.4. The van der Waals surface area contributed by atoms with E-state index in [-0.39, 0.29) is 5.91 Å². The van der Waals surface area contributed by atoms with Gasteiger partial charge in [0, 0.05) is 41.6 Å². The fourth-order valence-corrected chi connectivity index (χ4v) is 3.45. The lowest BCUT2D eigenvalue weighted by Crippen LogP contribution is -2.21. The van der Waals surface area contributed by atoms with Crippen molar-refractivity contribution in [2.45, 2.75) is 52.9 Å². The number of hydrogen-bond donors (Lipinski definition) is 1. The summed E-state index contributed by atoms with van der Waals surface area (Å²) in [6.07, 6.45) is 7.06. The number of carbonyl (C=O) groups excluding carboxylic acids is 1. The van der Waals surface area contributed by atoms with E-state index in [0.717, 1.165) is 52.9 Å². The first-order chi connectivity index (χ1) is 12.1. The van der Waals surface area contributed by atoms with Crippen LogP contribution in [0.4, 0.5) is 0 Å². The molecule has 134 valence electrons. The lowest BCUT2D eigenvalue weighted by Gasteiger charge is -2.12.